The van der Waals surface area contributed by atoms with Gasteiger partial charge in [0.05, 0.1) is 19.6 Å². The van der Waals surface area contributed by atoms with Gasteiger partial charge >= 0.3 is 11.9 Å². The van der Waals surface area contributed by atoms with Gasteiger partial charge in [-0.2, -0.15) is 0 Å². The molecule has 0 bridgehead atoms. The van der Waals surface area contributed by atoms with Crippen LogP contribution in [0.3, 0.4) is 0 Å². The van der Waals surface area contributed by atoms with Crippen LogP contribution in [0.4, 0.5) is 0 Å². The first-order valence-electron chi connectivity index (χ1n) is 8.03. The van der Waals surface area contributed by atoms with E-state index in [1.807, 2.05) is 18.2 Å². The Morgan fingerprint density at radius 3 is 2.57 bits per heavy atom. The maximum absolute atomic E-state index is 12.1. The molecule has 0 amide bonds. The Hall–Kier alpha value is -1.88. The van der Waals surface area contributed by atoms with E-state index in [4.69, 9.17) is 9.47 Å². The number of carbonyl (C=O) groups is 2. The summed E-state index contributed by atoms with van der Waals surface area (Å²) in [5.41, 5.74) is 1.23. The summed E-state index contributed by atoms with van der Waals surface area (Å²) < 4.78 is 9.99. The molecule has 1 fully saturated rings. The molecule has 0 aliphatic carbocycles. The third kappa shape index (κ3) is 4.55. The Morgan fingerprint density at radius 2 is 1.96 bits per heavy atom. The van der Waals surface area contributed by atoms with Gasteiger partial charge in [-0.3, -0.25) is 14.5 Å². The molecule has 0 radical (unpaired) electrons. The number of likely N-dealkylation sites (tertiary alicyclic amines) is 1. The third-order valence-corrected chi connectivity index (χ3v) is 4.60. The minimum absolute atomic E-state index is 0.146. The average molecular weight is 319 g/mol. The molecule has 23 heavy (non-hydrogen) atoms. The number of nitrogens with zero attached hydrogens (tertiary/aromatic N) is 1. The highest BCUT2D eigenvalue weighted by Crippen LogP contribution is 2.33. The van der Waals surface area contributed by atoms with E-state index < -0.39 is 0 Å². The van der Waals surface area contributed by atoms with E-state index in [0.29, 0.717) is 19.6 Å². The van der Waals surface area contributed by atoms with Crippen LogP contribution in [0, 0.1) is 11.8 Å². The van der Waals surface area contributed by atoms with E-state index in [0.717, 1.165) is 6.54 Å². The second-order valence-electron chi connectivity index (χ2n) is 6.06. The average Bonchev–Trinajstić information content (AvgIpc) is 2.98. The lowest BCUT2D eigenvalue weighted by Gasteiger charge is -2.24. The lowest BCUT2D eigenvalue weighted by molar-refractivity contribution is -0.146. The first-order valence-corrected chi connectivity index (χ1v) is 8.03. The highest BCUT2D eigenvalue weighted by molar-refractivity contribution is 5.73. The van der Waals surface area contributed by atoms with Crippen molar-refractivity contribution >= 4 is 11.9 Å². The summed E-state index contributed by atoms with van der Waals surface area (Å²) in [6.07, 6.45) is 0.678. The van der Waals surface area contributed by atoms with Crippen LogP contribution in [0.5, 0.6) is 0 Å². The summed E-state index contributed by atoms with van der Waals surface area (Å²) in [5, 5.41) is 0. The standard InChI is InChI=1S/C18H25NO4/c1-13(15-7-5-4-6-8-15)19-11-16(9-10-23-14(2)20)17(12-19)18(21)22-3/h4-8,13,16-17H,9-12H2,1-3H3/t13-,16-,17+/m0/s1. The smallest absolute Gasteiger partial charge is 0.310 e. The third-order valence-electron chi connectivity index (χ3n) is 4.60. The molecule has 1 heterocycles. The Bertz CT molecular complexity index is 531. The molecule has 1 aliphatic heterocycles. The molecule has 5 heteroatoms. The van der Waals surface area contributed by atoms with Gasteiger partial charge in [-0.1, -0.05) is 30.3 Å². The van der Waals surface area contributed by atoms with Gasteiger partial charge in [0.2, 0.25) is 0 Å². The lowest BCUT2D eigenvalue weighted by atomic mass is 9.93. The fourth-order valence-corrected chi connectivity index (χ4v) is 3.23. The fourth-order valence-electron chi connectivity index (χ4n) is 3.23. The van der Waals surface area contributed by atoms with E-state index in [-0.39, 0.29) is 29.8 Å². The second-order valence-corrected chi connectivity index (χ2v) is 6.06. The first-order chi connectivity index (χ1) is 11.0. The van der Waals surface area contributed by atoms with Gasteiger partial charge in [-0.25, -0.2) is 0 Å². The van der Waals surface area contributed by atoms with E-state index in [1.165, 1.54) is 19.6 Å². The number of rotatable bonds is 6. The summed E-state index contributed by atoms with van der Waals surface area (Å²) in [4.78, 5) is 25.3. The van der Waals surface area contributed by atoms with Gasteiger partial charge < -0.3 is 9.47 Å². The number of methoxy groups -OCH3 is 1. The lowest BCUT2D eigenvalue weighted by Crippen LogP contribution is -2.27. The molecule has 1 aliphatic rings. The van der Waals surface area contributed by atoms with Crippen molar-refractivity contribution in [2.24, 2.45) is 11.8 Å². The summed E-state index contributed by atoms with van der Waals surface area (Å²) in [6, 6.07) is 10.5. The van der Waals surface area contributed by atoms with Crippen LogP contribution in [-0.2, 0) is 19.1 Å². The van der Waals surface area contributed by atoms with Crippen LogP contribution >= 0.6 is 0 Å². The van der Waals surface area contributed by atoms with Gasteiger partial charge in [-0.05, 0) is 24.8 Å². The maximum atomic E-state index is 12.1. The molecule has 1 aromatic rings. The highest BCUT2D eigenvalue weighted by atomic mass is 16.5. The molecule has 1 aromatic carbocycles. The van der Waals surface area contributed by atoms with Crippen molar-refractivity contribution in [3.63, 3.8) is 0 Å². The molecular formula is C18H25NO4. The van der Waals surface area contributed by atoms with Crippen molar-refractivity contribution in [2.45, 2.75) is 26.3 Å². The van der Waals surface area contributed by atoms with Gasteiger partial charge in [0.25, 0.3) is 0 Å². The number of ether oxygens (including phenoxy) is 2. The number of esters is 2. The largest absolute Gasteiger partial charge is 0.469 e. The predicted molar refractivity (Wildman–Crippen MR) is 86.7 cm³/mol. The van der Waals surface area contributed by atoms with Gasteiger partial charge in [-0.15, -0.1) is 0 Å². The zero-order chi connectivity index (χ0) is 16.8. The Kier molecular flexibility index (Phi) is 6.16. The molecule has 0 saturated carbocycles. The quantitative estimate of drug-likeness (QED) is 0.754. The minimum atomic E-state index is -0.285. The van der Waals surface area contributed by atoms with Crippen LogP contribution in [0.1, 0.15) is 31.9 Å². The monoisotopic (exact) mass is 319 g/mol. The summed E-state index contributed by atoms with van der Waals surface area (Å²) in [7, 11) is 1.43. The first kappa shape index (κ1) is 17.5. The summed E-state index contributed by atoms with van der Waals surface area (Å²) in [6.45, 7) is 5.37. The van der Waals surface area contributed by atoms with Crippen LogP contribution < -0.4 is 0 Å². The second kappa shape index (κ2) is 8.11. The maximum Gasteiger partial charge on any atom is 0.310 e. The Morgan fingerprint density at radius 1 is 1.26 bits per heavy atom. The SMILES string of the molecule is COC(=O)[C@@H]1CN([C@@H](C)c2ccccc2)C[C@@H]1CCOC(C)=O. The normalized spacial score (nSPS) is 22.6. The zero-order valence-corrected chi connectivity index (χ0v) is 14.0. The Labute approximate surface area is 137 Å². The van der Waals surface area contributed by atoms with Crippen molar-refractivity contribution < 1.29 is 19.1 Å². The topological polar surface area (TPSA) is 55.8 Å². The molecule has 0 aromatic heterocycles. The number of hydrogen-bond acceptors (Lipinski definition) is 5. The van der Waals surface area contributed by atoms with Crippen LogP contribution in [0.15, 0.2) is 30.3 Å². The van der Waals surface area contributed by atoms with Gasteiger partial charge in [0.1, 0.15) is 0 Å². The van der Waals surface area contributed by atoms with Crippen LogP contribution in [0.2, 0.25) is 0 Å². The predicted octanol–water partition coefficient (Wildman–Crippen LogP) is 2.42. The van der Waals surface area contributed by atoms with Crippen molar-refractivity contribution in [1.82, 2.24) is 4.90 Å². The molecule has 1 saturated heterocycles. The van der Waals surface area contributed by atoms with E-state index in [9.17, 15) is 9.59 Å². The molecule has 0 unspecified atom stereocenters. The molecule has 2 rings (SSSR count). The fraction of sp³-hybridized carbons (Fsp3) is 0.556. The van der Waals surface area contributed by atoms with Crippen molar-refractivity contribution in [2.75, 3.05) is 26.8 Å². The molecule has 0 spiro atoms. The molecule has 5 nitrogen and oxygen atoms in total. The number of benzene rings is 1. The molecule has 3 atom stereocenters. The van der Waals surface area contributed by atoms with Crippen molar-refractivity contribution in [1.29, 1.82) is 0 Å². The highest BCUT2D eigenvalue weighted by Gasteiger charge is 2.39. The van der Waals surface area contributed by atoms with E-state index >= 15 is 0 Å². The van der Waals surface area contributed by atoms with E-state index in [2.05, 4.69) is 24.0 Å². The van der Waals surface area contributed by atoms with Gasteiger partial charge in [0.15, 0.2) is 0 Å². The van der Waals surface area contributed by atoms with Crippen molar-refractivity contribution in [3.8, 4) is 0 Å². The number of hydrogen-bond donors (Lipinski definition) is 0. The van der Waals surface area contributed by atoms with Crippen LogP contribution in [0.25, 0.3) is 0 Å². The number of carbonyl (C=O) groups excluding carboxylic acids is 2. The van der Waals surface area contributed by atoms with Gasteiger partial charge in [0, 0.05) is 26.1 Å². The summed E-state index contributed by atoms with van der Waals surface area (Å²) >= 11 is 0. The van der Waals surface area contributed by atoms with E-state index in [1.54, 1.807) is 0 Å². The summed E-state index contributed by atoms with van der Waals surface area (Å²) in [5.74, 6) is -0.484. The molecular weight excluding hydrogens is 294 g/mol. The Balaban J connectivity index is 2.03. The minimum Gasteiger partial charge on any atom is -0.469 e. The molecule has 0 N–H and O–H groups in total. The van der Waals surface area contributed by atoms with Crippen molar-refractivity contribution in [3.05, 3.63) is 35.9 Å². The molecule has 126 valence electrons. The zero-order valence-electron chi connectivity index (χ0n) is 14.0. The van der Waals surface area contributed by atoms with Crippen LogP contribution in [-0.4, -0.2) is 43.6 Å².